The number of nitrogens with zero attached hydrogens (tertiary/aromatic N) is 3. The average molecular weight is 446 g/mol. The van der Waals surface area contributed by atoms with Gasteiger partial charge in [0.2, 0.25) is 5.91 Å². The Balaban J connectivity index is 1.43. The van der Waals surface area contributed by atoms with E-state index in [9.17, 15) is 18.8 Å². The number of amides is 4. The molecule has 8 nitrogen and oxygen atoms in total. The Morgan fingerprint density at radius 2 is 1.88 bits per heavy atom. The van der Waals surface area contributed by atoms with E-state index < -0.39 is 23.5 Å². The Kier molecular flexibility index (Phi) is 6.37. The fraction of sp³-hybridized carbons (Fsp3) is 0.609. The van der Waals surface area contributed by atoms with Gasteiger partial charge in [-0.2, -0.15) is 0 Å². The number of hydrogen-bond donors (Lipinski definition) is 2. The van der Waals surface area contributed by atoms with Crippen LogP contribution in [-0.2, 0) is 9.59 Å². The number of hydrogen-bond acceptors (Lipinski definition) is 5. The van der Waals surface area contributed by atoms with Crippen LogP contribution in [0.3, 0.4) is 0 Å². The highest BCUT2D eigenvalue weighted by atomic mass is 19.1. The molecule has 3 aliphatic rings. The number of piperazine rings is 1. The summed E-state index contributed by atoms with van der Waals surface area (Å²) in [5.74, 6) is -1.13. The van der Waals surface area contributed by atoms with E-state index in [0.29, 0.717) is 18.4 Å². The van der Waals surface area contributed by atoms with Crippen molar-refractivity contribution in [1.82, 2.24) is 20.4 Å². The second kappa shape index (κ2) is 9.05. The van der Waals surface area contributed by atoms with Crippen molar-refractivity contribution in [2.75, 3.05) is 44.2 Å². The lowest BCUT2D eigenvalue weighted by Gasteiger charge is -2.37. The highest BCUT2D eigenvalue weighted by Crippen LogP contribution is 2.35. The largest absolute Gasteiger partial charge is 0.369 e. The maximum absolute atomic E-state index is 14.1. The lowest BCUT2D eigenvalue weighted by Crippen LogP contribution is -2.47. The number of rotatable bonds is 6. The van der Waals surface area contributed by atoms with Crippen LogP contribution in [0.5, 0.6) is 0 Å². The molecule has 2 N–H and O–H groups in total. The van der Waals surface area contributed by atoms with Crippen LogP contribution in [0.1, 0.15) is 51.1 Å². The first kappa shape index (κ1) is 22.5. The van der Waals surface area contributed by atoms with Crippen LogP contribution in [0, 0.1) is 5.82 Å². The molecule has 0 aromatic heterocycles. The molecule has 1 spiro atoms. The highest BCUT2D eigenvalue weighted by molar-refractivity contribution is 6.09. The average Bonchev–Trinajstić information content (AvgIpc) is 3.34. The molecule has 1 unspecified atom stereocenters. The number of imide groups is 1. The molecule has 1 aromatic carbocycles. The van der Waals surface area contributed by atoms with E-state index in [1.165, 1.54) is 12.1 Å². The summed E-state index contributed by atoms with van der Waals surface area (Å²) in [6.45, 7) is 8.12. The van der Waals surface area contributed by atoms with Gasteiger partial charge in [-0.05, 0) is 44.5 Å². The van der Waals surface area contributed by atoms with Crippen LogP contribution < -0.4 is 15.5 Å². The van der Waals surface area contributed by atoms with Crippen LogP contribution in [0.15, 0.2) is 18.2 Å². The molecule has 174 valence electrons. The van der Waals surface area contributed by atoms with Crippen LogP contribution in [0.2, 0.25) is 0 Å². The molecular formula is C23H32FN5O3. The molecule has 32 heavy (non-hydrogen) atoms. The van der Waals surface area contributed by atoms with Crippen molar-refractivity contribution in [2.24, 2.45) is 0 Å². The third kappa shape index (κ3) is 4.30. The smallest absolute Gasteiger partial charge is 0.325 e. The van der Waals surface area contributed by atoms with E-state index >= 15 is 0 Å². The number of benzene rings is 1. The molecule has 1 aliphatic carbocycles. The number of halogens is 1. The summed E-state index contributed by atoms with van der Waals surface area (Å²) < 4.78 is 14.1. The van der Waals surface area contributed by atoms with E-state index in [4.69, 9.17) is 0 Å². The minimum atomic E-state index is -0.834. The second-order valence-electron chi connectivity index (χ2n) is 9.02. The quantitative estimate of drug-likeness (QED) is 0.655. The van der Waals surface area contributed by atoms with Gasteiger partial charge < -0.3 is 20.4 Å². The zero-order valence-electron chi connectivity index (χ0n) is 18.8. The van der Waals surface area contributed by atoms with Gasteiger partial charge in [-0.25, -0.2) is 9.18 Å². The molecule has 2 heterocycles. The van der Waals surface area contributed by atoms with Gasteiger partial charge in [0, 0.05) is 37.4 Å². The van der Waals surface area contributed by atoms with Crippen molar-refractivity contribution in [3.8, 4) is 0 Å². The molecule has 9 heteroatoms. The van der Waals surface area contributed by atoms with Crippen LogP contribution >= 0.6 is 0 Å². The molecule has 4 amide bonds. The molecule has 4 rings (SSSR count). The van der Waals surface area contributed by atoms with E-state index in [1.807, 2.05) is 0 Å². The Hall–Kier alpha value is -2.68. The van der Waals surface area contributed by atoms with Crippen LogP contribution in [-0.4, -0.2) is 72.5 Å². The van der Waals surface area contributed by atoms with E-state index in [0.717, 1.165) is 56.2 Å². The third-order valence-electron chi connectivity index (χ3n) is 7.00. The normalized spacial score (nSPS) is 21.8. The standard InChI is InChI=1S/C23H32FN5O3/c1-3-27-10-12-28(13-11-27)19-7-6-17(24)14-18(19)16(2)25-20(30)15-29-21(31)23(26-22(29)32)8-4-5-9-23/h6-7,14,16H,3-5,8-13,15H2,1-2H3,(H,25,30)(H,26,32). The zero-order chi connectivity index (χ0) is 22.9. The lowest BCUT2D eigenvalue weighted by molar-refractivity contribution is -0.135. The first-order valence-electron chi connectivity index (χ1n) is 11.5. The van der Waals surface area contributed by atoms with Gasteiger partial charge in [-0.1, -0.05) is 19.8 Å². The van der Waals surface area contributed by atoms with Gasteiger partial charge in [0.1, 0.15) is 17.9 Å². The highest BCUT2D eigenvalue weighted by Gasteiger charge is 2.52. The van der Waals surface area contributed by atoms with Crippen molar-refractivity contribution in [3.05, 3.63) is 29.6 Å². The Labute approximate surface area is 188 Å². The fourth-order valence-corrected chi connectivity index (χ4v) is 5.11. The predicted molar refractivity (Wildman–Crippen MR) is 119 cm³/mol. The third-order valence-corrected chi connectivity index (χ3v) is 7.00. The van der Waals surface area contributed by atoms with Crippen molar-refractivity contribution in [2.45, 2.75) is 51.1 Å². The topological polar surface area (TPSA) is 85.0 Å². The number of nitrogens with one attached hydrogen (secondary N) is 2. The van der Waals surface area contributed by atoms with E-state index in [1.54, 1.807) is 13.0 Å². The molecule has 2 saturated heterocycles. The molecule has 0 bridgehead atoms. The van der Waals surface area contributed by atoms with Gasteiger partial charge >= 0.3 is 6.03 Å². The summed E-state index contributed by atoms with van der Waals surface area (Å²) in [5, 5.41) is 5.64. The van der Waals surface area contributed by atoms with Gasteiger partial charge in [0.05, 0.1) is 6.04 Å². The zero-order valence-corrected chi connectivity index (χ0v) is 18.8. The first-order valence-corrected chi connectivity index (χ1v) is 11.5. The number of likely N-dealkylation sites (N-methyl/N-ethyl adjacent to an activating group) is 1. The Morgan fingerprint density at radius 3 is 2.53 bits per heavy atom. The summed E-state index contributed by atoms with van der Waals surface area (Å²) >= 11 is 0. The maximum atomic E-state index is 14.1. The second-order valence-corrected chi connectivity index (χ2v) is 9.02. The SMILES string of the molecule is CCN1CCN(c2ccc(F)cc2C(C)NC(=O)CN2C(=O)NC3(CCCC3)C2=O)CC1. The lowest BCUT2D eigenvalue weighted by atomic mass is 9.98. The number of urea groups is 1. The van der Waals surface area contributed by atoms with Gasteiger partial charge in [0.15, 0.2) is 0 Å². The summed E-state index contributed by atoms with van der Waals surface area (Å²) in [5.41, 5.74) is 0.752. The number of carbonyl (C=O) groups is 3. The first-order chi connectivity index (χ1) is 15.3. The number of carbonyl (C=O) groups excluding carboxylic acids is 3. The van der Waals surface area contributed by atoms with Crippen molar-refractivity contribution < 1.29 is 18.8 Å². The fourth-order valence-electron chi connectivity index (χ4n) is 5.11. The Bertz CT molecular complexity index is 894. The molecule has 1 aromatic rings. The maximum Gasteiger partial charge on any atom is 0.325 e. The summed E-state index contributed by atoms with van der Waals surface area (Å²) in [4.78, 5) is 43.4. The molecule has 1 saturated carbocycles. The minimum absolute atomic E-state index is 0.317. The van der Waals surface area contributed by atoms with Crippen molar-refractivity contribution in [1.29, 1.82) is 0 Å². The molecule has 3 fully saturated rings. The predicted octanol–water partition coefficient (Wildman–Crippen LogP) is 2.01. The molecule has 2 aliphatic heterocycles. The van der Waals surface area contributed by atoms with Gasteiger partial charge in [-0.3, -0.25) is 14.5 Å². The number of anilines is 1. The Morgan fingerprint density at radius 1 is 1.19 bits per heavy atom. The van der Waals surface area contributed by atoms with Crippen LogP contribution in [0.4, 0.5) is 14.9 Å². The van der Waals surface area contributed by atoms with Gasteiger partial charge in [-0.15, -0.1) is 0 Å². The van der Waals surface area contributed by atoms with Gasteiger partial charge in [0.25, 0.3) is 5.91 Å². The van der Waals surface area contributed by atoms with Crippen molar-refractivity contribution in [3.63, 3.8) is 0 Å². The minimum Gasteiger partial charge on any atom is -0.369 e. The van der Waals surface area contributed by atoms with E-state index in [-0.39, 0.29) is 18.3 Å². The molecular weight excluding hydrogens is 413 g/mol. The summed E-state index contributed by atoms with van der Waals surface area (Å²) in [6, 6.07) is 3.66. The van der Waals surface area contributed by atoms with Crippen molar-refractivity contribution >= 4 is 23.5 Å². The molecule has 0 radical (unpaired) electrons. The monoisotopic (exact) mass is 445 g/mol. The van der Waals surface area contributed by atoms with Crippen LogP contribution in [0.25, 0.3) is 0 Å². The van der Waals surface area contributed by atoms with E-state index in [2.05, 4.69) is 27.4 Å². The summed E-state index contributed by atoms with van der Waals surface area (Å²) in [7, 11) is 0. The summed E-state index contributed by atoms with van der Waals surface area (Å²) in [6.07, 6.45) is 3.00. The molecule has 1 atom stereocenters.